The Labute approximate surface area is 102 Å². The Bertz CT molecular complexity index is 448. The van der Waals surface area contributed by atoms with Gasteiger partial charge in [0, 0.05) is 5.25 Å². The average Bonchev–Trinajstić information content (AvgIpc) is 2.39. The molecule has 0 spiro atoms. The Morgan fingerprint density at radius 3 is 2.19 bits per heavy atom. The second-order valence-electron chi connectivity index (χ2n) is 3.83. The number of thioether (sulfide) groups is 1. The molecular weight excluding hydrogens is 212 g/mol. The number of benzene rings is 2. The Morgan fingerprint density at radius 2 is 1.50 bits per heavy atom. The van der Waals surface area contributed by atoms with Gasteiger partial charge < -0.3 is 0 Å². The minimum absolute atomic E-state index is 0.538. The summed E-state index contributed by atoms with van der Waals surface area (Å²) >= 11 is 1.89. The van der Waals surface area contributed by atoms with Crippen molar-refractivity contribution in [3.63, 3.8) is 0 Å². The highest BCUT2D eigenvalue weighted by atomic mass is 32.2. The third-order valence-electron chi connectivity index (χ3n) is 2.84. The van der Waals surface area contributed by atoms with E-state index in [1.165, 1.54) is 16.7 Å². The van der Waals surface area contributed by atoms with Gasteiger partial charge in [-0.25, -0.2) is 0 Å². The predicted octanol–water partition coefficient (Wildman–Crippen LogP) is 4.78. The lowest BCUT2D eigenvalue weighted by Crippen LogP contribution is -1.91. The highest BCUT2D eigenvalue weighted by Crippen LogP contribution is 2.33. The molecule has 0 N–H and O–H groups in total. The minimum Gasteiger partial charge on any atom is -0.157 e. The lowest BCUT2D eigenvalue weighted by molar-refractivity contribution is 1.11. The third kappa shape index (κ3) is 2.30. The van der Waals surface area contributed by atoms with Crippen molar-refractivity contribution in [2.75, 3.05) is 6.26 Å². The highest BCUT2D eigenvalue weighted by molar-refractivity contribution is 7.98. The molecule has 0 aliphatic heterocycles. The molecule has 2 rings (SSSR count). The van der Waals surface area contributed by atoms with Gasteiger partial charge in [0.05, 0.1) is 0 Å². The molecule has 2 aromatic carbocycles. The van der Waals surface area contributed by atoms with Crippen LogP contribution in [0.5, 0.6) is 0 Å². The van der Waals surface area contributed by atoms with Crippen LogP contribution in [0.2, 0.25) is 0 Å². The van der Waals surface area contributed by atoms with Crippen LogP contribution in [0.3, 0.4) is 0 Å². The van der Waals surface area contributed by atoms with Crippen LogP contribution in [-0.2, 0) is 0 Å². The van der Waals surface area contributed by atoms with Gasteiger partial charge in [0.25, 0.3) is 0 Å². The molecule has 0 bridgehead atoms. The summed E-state index contributed by atoms with van der Waals surface area (Å²) in [5.74, 6) is 0. The van der Waals surface area contributed by atoms with Crippen molar-refractivity contribution in [2.24, 2.45) is 0 Å². The van der Waals surface area contributed by atoms with Crippen molar-refractivity contribution < 1.29 is 0 Å². The van der Waals surface area contributed by atoms with Gasteiger partial charge in [0.2, 0.25) is 0 Å². The SMILES string of the molecule is CSC(C)c1ccccc1-c1ccccc1. The van der Waals surface area contributed by atoms with Gasteiger partial charge in [-0.05, 0) is 29.9 Å². The van der Waals surface area contributed by atoms with Crippen LogP contribution in [0, 0.1) is 0 Å². The van der Waals surface area contributed by atoms with E-state index in [0.717, 1.165) is 0 Å². The van der Waals surface area contributed by atoms with Gasteiger partial charge in [0.15, 0.2) is 0 Å². The van der Waals surface area contributed by atoms with Crippen molar-refractivity contribution in [1.82, 2.24) is 0 Å². The molecule has 0 amide bonds. The lowest BCUT2D eigenvalue weighted by Gasteiger charge is -2.14. The fourth-order valence-corrected chi connectivity index (χ4v) is 2.32. The summed E-state index contributed by atoms with van der Waals surface area (Å²) in [5.41, 5.74) is 4.07. The van der Waals surface area contributed by atoms with E-state index in [2.05, 4.69) is 67.8 Å². The van der Waals surface area contributed by atoms with Crippen LogP contribution < -0.4 is 0 Å². The largest absolute Gasteiger partial charge is 0.157 e. The predicted molar refractivity (Wildman–Crippen MR) is 73.8 cm³/mol. The lowest BCUT2D eigenvalue weighted by atomic mass is 9.98. The maximum absolute atomic E-state index is 2.26. The first-order valence-electron chi connectivity index (χ1n) is 5.50. The topological polar surface area (TPSA) is 0 Å². The molecule has 0 radical (unpaired) electrons. The number of hydrogen-bond acceptors (Lipinski definition) is 1. The van der Waals surface area contributed by atoms with E-state index in [4.69, 9.17) is 0 Å². The Hall–Kier alpha value is -1.21. The van der Waals surface area contributed by atoms with E-state index < -0.39 is 0 Å². The van der Waals surface area contributed by atoms with E-state index >= 15 is 0 Å². The zero-order valence-corrected chi connectivity index (χ0v) is 10.5. The molecular formula is C15H16S. The normalized spacial score (nSPS) is 12.4. The molecule has 2 aromatic rings. The molecule has 0 saturated heterocycles. The second kappa shape index (κ2) is 5.22. The molecule has 0 heterocycles. The molecule has 16 heavy (non-hydrogen) atoms. The monoisotopic (exact) mass is 228 g/mol. The summed E-state index contributed by atoms with van der Waals surface area (Å²) in [7, 11) is 0. The Kier molecular flexibility index (Phi) is 3.68. The molecule has 1 heteroatoms. The first-order chi connectivity index (χ1) is 7.83. The zero-order valence-electron chi connectivity index (χ0n) is 9.68. The fraction of sp³-hybridized carbons (Fsp3) is 0.200. The smallest absolute Gasteiger partial charge is 0.0272 e. The van der Waals surface area contributed by atoms with Crippen molar-refractivity contribution >= 4 is 11.8 Å². The summed E-state index contributed by atoms with van der Waals surface area (Å²) in [6, 6.07) is 19.3. The summed E-state index contributed by atoms with van der Waals surface area (Å²) in [6.45, 7) is 2.26. The van der Waals surface area contributed by atoms with Crippen molar-refractivity contribution in [2.45, 2.75) is 12.2 Å². The summed E-state index contributed by atoms with van der Waals surface area (Å²) in [5, 5.41) is 0.538. The molecule has 0 nitrogen and oxygen atoms in total. The summed E-state index contributed by atoms with van der Waals surface area (Å²) in [4.78, 5) is 0. The van der Waals surface area contributed by atoms with Gasteiger partial charge >= 0.3 is 0 Å². The quantitative estimate of drug-likeness (QED) is 0.728. The summed E-state index contributed by atoms with van der Waals surface area (Å²) in [6.07, 6.45) is 2.16. The molecule has 0 fully saturated rings. The maximum Gasteiger partial charge on any atom is 0.0272 e. The van der Waals surface area contributed by atoms with Gasteiger partial charge in [-0.15, -0.1) is 0 Å². The van der Waals surface area contributed by atoms with Gasteiger partial charge in [-0.1, -0.05) is 54.6 Å². The van der Waals surface area contributed by atoms with Crippen LogP contribution in [0.15, 0.2) is 54.6 Å². The van der Waals surface area contributed by atoms with Crippen LogP contribution in [0.1, 0.15) is 17.7 Å². The second-order valence-corrected chi connectivity index (χ2v) is 5.01. The van der Waals surface area contributed by atoms with E-state index in [9.17, 15) is 0 Å². The van der Waals surface area contributed by atoms with E-state index in [1.807, 2.05) is 11.8 Å². The zero-order chi connectivity index (χ0) is 11.4. The molecule has 1 unspecified atom stereocenters. The van der Waals surface area contributed by atoms with Crippen LogP contribution in [0.4, 0.5) is 0 Å². The third-order valence-corrected chi connectivity index (χ3v) is 3.80. The van der Waals surface area contributed by atoms with Gasteiger partial charge in [-0.3, -0.25) is 0 Å². The van der Waals surface area contributed by atoms with Gasteiger partial charge in [0.1, 0.15) is 0 Å². The first-order valence-corrected chi connectivity index (χ1v) is 6.79. The average molecular weight is 228 g/mol. The van der Waals surface area contributed by atoms with E-state index in [1.54, 1.807) is 0 Å². The van der Waals surface area contributed by atoms with Crippen molar-refractivity contribution in [3.05, 3.63) is 60.2 Å². The molecule has 1 atom stereocenters. The molecule has 82 valence electrons. The van der Waals surface area contributed by atoms with Crippen LogP contribution in [0.25, 0.3) is 11.1 Å². The molecule has 0 aliphatic rings. The van der Waals surface area contributed by atoms with Crippen LogP contribution in [-0.4, -0.2) is 6.26 Å². The van der Waals surface area contributed by atoms with Crippen LogP contribution >= 0.6 is 11.8 Å². The Morgan fingerprint density at radius 1 is 0.875 bits per heavy atom. The highest BCUT2D eigenvalue weighted by Gasteiger charge is 2.09. The standard InChI is InChI=1S/C15H16S/c1-12(16-2)14-10-6-7-11-15(14)13-8-4-3-5-9-13/h3-12H,1-2H3. The fourth-order valence-electron chi connectivity index (χ4n) is 1.86. The molecule has 0 saturated carbocycles. The molecule has 0 aliphatic carbocycles. The number of hydrogen-bond donors (Lipinski definition) is 0. The first kappa shape index (κ1) is 11.3. The Balaban J connectivity index is 2.49. The maximum atomic E-state index is 2.26. The van der Waals surface area contributed by atoms with Gasteiger partial charge in [-0.2, -0.15) is 11.8 Å². The van der Waals surface area contributed by atoms with E-state index in [0.29, 0.717) is 5.25 Å². The van der Waals surface area contributed by atoms with E-state index in [-0.39, 0.29) is 0 Å². The summed E-state index contributed by atoms with van der Waals surface area (Å²) < 4.78 is 0. The van der Waals surface area contributed by atoms with Crippen molar-refractivity contribution in [1.29, 1.82) is 0 Å². The van der Waals surface area contributed by atoms with Crippen molar-refractivity contribution in [3.8, 4) is 11.1 Å². The number of rotatable bonds is 3. The molecule has 0 aromatic heterocycles. The minimum atomic E-state index is 0.538.